The maximum atomic E-state index is 14.9. The highest BCUT2D eigenvalue weighted by molar-refractivity contribution is 7.09. The number of terminal acetylenes is 1. The molecule has 6 atom stereocenters. The number of nitro groups is 1. The number of nitrogens with one attached hydrogen (secondary N) is 2. The van der Waals surface area contributed by atoms with E-state index in [1.807, 2.05) is 70.0 Å². The van der Waals surface area contributed by atoms with Gasteiger partial charge in [-0.3, -0.25) is 39.0 Å². The van der Waals surface area contributed by atoms with Crippen molar-refractivity contribution in [1.82, 2.24) is 25.4 Å². The zero-order valence-corrected chi connectivity index (χ0v) is 41.6. The lowest BCUT2D eigenvalue weighted by atomic mass is 9.84. The number of aromatic nitrogens is 1. The summed E-state index contributed by atoms with van der Waals surface area (Å²) in [6.07, 6.45) is 9.85. The van der Waals surface area contributed by atoms with Crippen LogP contribution in [0.15, 0.2) is 53.9 Å². The van der Waals surface area contributed by atoms with Crippen LogP contribution in [0.1, 0.15) is 139 Å². The van der Waals surface area contributed by atoms with Gasteiger partial charge >= 0.3 is 17.6 Å². The van der Waals surface area contributed by atoms with E-state index in [-0.39, 0.29) is 72.7 Å². The van der Waals surface area contributed by atoms with Crippen molar-refractivity contribution in [1.29, 1.82) is 0 Å². The smallest absolute Gasteiger partial charge is 0.311 e. The summed E-state index contributed by atoms with van der Waals surface area (Å²) in [7, 11) is 1.93. The Morgan fingerprint density at radius 2 is 1.79 bits per heavy atom. The first-order chi connectivity index (χ1) is 32.3. The minimum Gasteiger partial charge on any atom is -0.482 e. The number of amides is 3. The minimum absolute atomic E-state index is 0.00790. The Bertz CT molecular complexity index is 2220. The zero-order valence-electron chi connectivity index (χ0n) is 40.8. The number of aliphatic carboxylic acids is 1. The van der Waals surface area contributed by atoms with Crippen LogP contribution in [0.3, 0.4) is 0 Å². The Morgan fingerprint density at radius 1 is 1.07 bits per heavy atom. The topological polar surface area (TPSA) is 211 Å². The third-order valence-corrected chi connectivity index (χ3v) is 13.6. The number of hydrogen-bond acceptors (Lipinski definition) is 12. The maximum absolute atomic E-state index is 14.9. The molecule has 0 spiro atoms. The molecule has 16 nitrogen and oxygen atoms in total. The van der Waals surface area contributed by atoms with Gasteiger partial charge in [0.2, 0.25) is 11.8 Å². The molecule has 17 heteroatoms. The van der Waals surface area contributed by atoms with E-state index in [0.717, 1.165) is 36.3 Å². The van der Waals surface area contributed by atoms with Gasteiger partial charge in [-0.1, -0.05) is 76.9 Å². The highest BCUT2D eigenvalue weighted by Crippen LogP contribution is 2.34. The number of nitro benzene ring substituents is 1. The Balaban J connectivity index is 1.62. The number of piperidine rings is 1. The lowest BCUT2D eigenvalue weighted by Gasteiger charge is -2.40. The number of likely N-dealkylation sites (tertiary alicyclic amines) is 1. The van der Waals surface area contributed by atoms with Gasteiger partial charge < -0.3 is 30.1 Å². The third kappa shape index (κ3) is 15.9. The molecule has 0 saturated carbocycles. The summed E-state index contributed by atoms with van der Waals surface area (Å²) in [5, 5.41) is 30.1. The van der Waals surface area contributed by atoms with Gasteiger partial charge in [0.25, 0.3) is 5.91 Å². The summed E-state index contributed by atoms with van der Waals surface area (Å²) in [6.45, 7) is 13.5. The van der Waals surface area contributed by atoms with Gasteiger partial charge in [0, 0.05) is 49.8 Å². The fraction of sp³-hybridized carbons (Fsp3) is 0.569. The Labute approximate surface area is 405 Å². The van der Waals surface area contributed by atoms with E-state index in [1.165, 1.54) is 38.3 Å². The summed E-state index contributed by atoms with van der Waals surface area (Å²) in [5.41, 5.74) is -0.283. The number of rotatable bonds is 26. The van der Waals surface area contributed by atoms with Crippen LogP contribution in [0.5, 0.6) is 5.75 Å². The van der Waals surface area contributed by atoms with Crippen LogP contribution >= 0.6 is 11.3 Å². The zero-order chi connectivity index (χ0) is 50.1. The van der Waals surface area contributed by atoms with Crippen molar-refractivity contribution in [2.75, 3.05) is 20.1 Å². The van der Waals surface area contributed by atoms with E-state index in [0.29, 0.717) is 49.2 Å². The van der Waals surface area contributed by atoms with Gasteiger partial charge in [-0.25, -0.2) is 4.98 Å². The Hall–Kier alpha value is -5.86. The molecule has 1 saturated heterocycles. The largest absolute Gasteiger partial charge is 0.482 e. The molecule has 370 valence electrons. The van der Waals surface area contributed by atoms with E-state index in [9.17, 15) is 39.2 Å². The summed E-state index contributed by atoms with van der Waals surface area (Å²) < 4.78 is 11.7. The minimum atomic E-state index is -1.30. The molecule has 1 aliphatic heterocycles. The highest BCUT2D eigenvalue weighted by atomic mass is 32.1. The van der Waals surface area contributed by atoms with Crippen LogP contribution in [0, 0.1) is 39.7 Å². The van der Waals surface area contributed by atoms with E-state index in [4.69, 9.17) is 15.9 Å². The number of likely N-dealkylation sites (N-methyl/N-ethyl adjacent to an activating group) is 1. The Kier molecular flexibility index (Phi) is 21.0. The third-order valence-electron chi connectivity index (χ3n) is 12.7. The highest BCUT2D eigenvalue weighted by Gasteiger charge is 2.39. The van der Waals surface area contributed by atoms with Crippen LogP contribution in [0.2, 0.25) is 0 Å². The second-order valence-electron chi connectivity index (χ2n) is 18.9. The van der Waals surface area contributed by atoms with Gasteiger partial charge in [0.15, 0.2) is 11.9 Å². The molecule has 2 aromatic carbocycles. The number of ether oxygens (including phenoxy) is 2. The molecule has 3 amide bonds. The molecule has 0 aliphatic carbocycles. The van der Waals surface area contributed by atoms with Gasteiger partial charge in [0.1, 0.15) is 23.4 Å². The Morgan fingerprint density at radius 3 is 2.41 bits per heavy atom. The van der Waals surface area contributed by atoms with E-state index < -0.39 is 52.4 Å². The molecule has 2 heterocycles. The molecule has 1 aliphatic rings. The molecule has 0 bridgehead atoms. The molecule has 1 fully saturated rings. The second-order valence-corrected chi connectivity index (χ2v) is 19.8. The molecule has 1 aromatic heterocycles. The molecule has 3 aromatic rings. The summed E-state index contributed by atoms with van der Waals surface area (Å²) in [6, 6.07) is 11.3. The van der Waals surface area contributed by atoms with Crippen LogP contribution in [0.25, 0.3) is 0 Å². The van der Waals surface area contributed by atoms with Crippen molar-refractivity contribution in [3.05, 3.63) is 85.9 Å². The summed E-state index contributed by atoms with van der Waals surface area (Å²) in [4.78, 5) is 87.9. The van der Waals surface area contributed by atoms with Gasteiger partial charge in [-0.2, -0.15) is 0 Å². The maximum Gasteiger partial charge on any atom is 0.311 e. The standard InChI is InChI=1S/C51H70N6O10S/c1-10-12-13-18-26-56(49(61)45(34(5)11-2)54-47(60)40-22-17-19-25-55(40)9)41(33(3)4)29-44(67-35(6)58)48-53-39(32-68-48)46(59)52-38(30-51(7,8)50(62)63)27-37-23-24-43(42(28-37)57(64)65)66-31-36-20-15-14-16-21-36/h1,14-16,20-21,23-24,28,32-34,38,40-41,44-45H,11-13,17-19,22,25-27,29-31H2,2-9H3,(H,52,59)(H,54,60)(H,62,63)/t34-,38?,40?,41+,44+,45-/m0/s1. The number of benzene rings is 2. The quantitative estimate of drug-likeness (QED) is 0.0229. The molecular weight excluding hydrogens is 889 g/mol. The molecule has 0 radical (unpaired) electrons. The average Bonchev–Trinajstić information content (AvgIpc) is 3.80. The number of hydrogen-bond donors (Lipinski definition) is 3. The van der Waals surface area contributed by atoms with Crippen molar-refractivity contribution in [3.63, 3.8) is 0 Å². The summed E-state index contributed by atoms with van der Waals surface area (Å²) in [5.74, 6) is -0.333. The number of carboxylic acids is 1. The van der Waals surface area contributed by atoms with E-state index >= 15 is 0 Å². The number of nitrogens with zero attached hydrogens (tertiary/aromatic N) is 4. The first-order valence-electron chi connectivity index (χ1n) is 23.6. The molecule has 4 rings (SSSR count). The van der Waals surface area contributed by atoms with Gasteiger partial charge in [-0.05, 0) is 95.0 Å². The molecule has 3 N–H and O–H groups in total. The van der Waals surface area contributed by atoms with E-state index in [2.05, 4.69) is 21.5 Å². The van der Waals surface area contributed by atoms with Crippen LogP contribution in [0.4, 0.5) is 5.69 Å². The molecule has 2 unspecified atom stereocenters. The first-order valence-corrected chi connectivity index (χ1v) is 24.5. The fourth-order valence-corrected chi connectivity index (χ4v) is 9.33. The van der Waals surface area contributed by atoms with Crippen LogP contribution in [-0.2, 0) is 36.9 Å². The number of carboxylic acid groups (broad SMARTS) is 1. The van der Waals surface area contributed by atoms with Gasteiger partial charge in [0.05, 0.1) is 16.4 Å². The number of esters is 1. The monoisotopic (exact) mass is 958 g/mol. The number of thiazole rings is 1. The van der Waals surface area contributed by atoms with Crippen molar-refractivity contribution >= 4 is 46.7 Å². The van der Waals surface area contributed by atoms with Crippen molar-refractivity contribution in [2.24, 2.45) is 17.3 Å². The fourth-order valence-electron chi connectivity index (χ4n) is 8.50. The van der Waals surface area contributed by atoms with Crippen molar-refractivity contribution in [2.45, 2.75) is 150 Å². The van der Waals surface area contributed by atoms with Crippen LogP contribution in [-0.4, -0.2) is 98.8 Å². The lowest BCUT2D eigenvalue weighted by Crippen LogP contribution is -2.59. The molecule has 68 heavy (non-hydrogen) atoms. The lowest BCUT2D eigenvalue weighted by molar-refractivity contribution is -0.386. The number of carbonyl (C=O) groups excluding carboxylic acids is 4. The van der Waals surface area contributed by atoms with Gasteiger partial charge in [-0.15, -0.1) is 23.7 Å². The van der Waals surface area contributed by atoms with Crippen LogP contribution < -0.4 is 15.4 Å². The molecular formula is C51H70N6O10S. The number of unbranched alkanes of at least 4 members (excludes halogenated alkanes) is 2. The second kappa shape index (κ2) is 26.0. The SMILES string of the molecule is C#CCCCCN(C(=O)[C@@H](NC(=O)C1CCCCN1C)[C@@H](C)CC)[C@H](C[C@@H](OC(C)=O)c1nc(C(=O)NC(Cc2ccc(OCc3ccccc3)c([N+](=O)[O-])c2)CC(C)(C)C(=O)O)cs1)C(C)C. The van der Waals surface area contributed by atoms with Crippen molar-refractivity contribution < 1.29 is 43.5 Å². The summed E-state index contributed by atoms with van der Waals surface area (Å²) >= 11 is 1.10. The predicted octanol–water partition coefficient (Wildman–Crippen LogP) is 8.14. The predicted molar refractivity (Wildman–Crippen MR) is 261 cm³/mol. The first kappa shape index (κ1) is 54.7. The normalized spacial score (nSPS) is 16.3. The van der Waals surface area contributed by atoms with Crippen molar-refractivity contribution in [3.8, 4) is 18.1 Å². The van der Waals surface area contributed by atoms with E-state index in [1.54, 1.807) is 11.0 Å². The average molecular weight is 959 g/mol. The number of carbonyl (C=O) groups is 5.